The highest BCUT2D eigenvalue weighted by Crippen LogP contribution is 2.46. The van der Waals surface area contributed by atoms with Crippen LogP contribution < -0.4 is 10.3 Å². The van der Waals surface area contributed by atoms with E-state index in [2.05, 4.69) is 0 Å². The van der Waals surface area contributed by atoms with Gasteiger partial charge >= 0.3 is 11.8 Å². The number of carbonyl (C=O) groups excluding carboxylic acids is 2. The summed E-state index contributed by atoms with van der Waals surface area (Å²) in [4.78, 5) is 52.6. The molecule has 1 aromatic carbocycles. The number of hydrogen-bond donors (Lipinski definition) is 0. The highest BCUT2D eigenvalue weighted by Gasteiger charge is 2.33. The molecule has 0 bridgehead atoms. The van der Waals surface area contributed by atoms with Crippen LogP contribution in [0, 0.1) is 22.9 Å². The van der Waals surface area contributed by atoms with Crippen LogP contribution in [0.15, 0.2) is 34.1 Å². The quantitative estimate of drug-likeness (QED) is 0.158. The predicted octanol–water partition coefficient (Wildman–Crippen LogP) is 4.13. The number of aryl methyl sites for hydroxylation is 1. The minimum absolute atomic E-state index is 0.0203. The van der Waals surface area contributed by atoms with Gasteiger partial charge in [0.1, 0.15) is 24.2 Å². The molecule has 2 aliphatic rings. The summed E-state index contributed by atoms with van der Waals surface area (Å²) in [7, 11) is 0. The average Bonchev–Trinajstić information content (AvgIpc) is 3.28. The van der Waals surface area contributed by atoms with Crippen molar-refractivity contribution < 1.29 is 23.6 Å². The fourth-order valence-corrected chi connectivity index (χ4v) is 6.76. The number of ether oxygens (including phenoxy) is 1. The lowest BCUT2D eigenvalue weighted by atomic mass is 10.1. The third-order valence-corrected chi connectivity index (χ3v) is 8.97. The first-order valence-corrected chi connectivity index (χ1v) is 14.4. The smallest absolute Gasteiger partial charge is 0.323 e. The number of pyridine rings is 1. The molecule has 0 N–H and O–H groups in total. The minimum Gasteiger partial charge on any atom is -0.457 e. The van der Waals surface area contributed by atoms with Crippen molar-refractivity contribution in [1.82, 2.24) is 14.0 Å². The van der Waals surface area contributed by atoms with Gasteiger partial charge in [-0.2, -0.15) is 0 Å². The molecule has 41 heavy (non-hydrogen) atoms. The van der Waals surface area contributed by atoms with Crippen molar-refractivity contribution in [2.24, 2.45) is 0 Å². The van der Waals surface area contributed by atoms with Crippen LogP contribution in [0.5, 0.6) is 0 Å². The van der Waals surface area contributed by atoms with E-state index < -0.39 is 28.2 Å². The maximum absolute atomic E-state index is 15.3. The number of Topliss-reactive ketones (excluding diaryl/α,β-unsaturated/α-hetero) is 1. The molecule has 2 aromatic heterocycles. The molecular formula is C28H32FN5O6S. The van der Waals surface area contributed by atoms with Crippen molar-refractivity contribution in [3.63, 3.8) is 0 Å². The maximum atomic E-state index is 15.3. The number of rotatable bonds is 9. The van der Waals surface area contributed by atoms with Crippen molar-refractivity contribution >= 4 is 45.9 Å². The number of piperazine rings is 1. The third-order valence-electron chi connectivity index (χ3n) is 7.80. The van der Waals surface area contributed by atoms with E-state index in [1.807, 2.05) is 28.2 Å². The van der Waals surface area contributed by atoms with Crippen molar-refractivity contribution in [2.75, 3.05) is 37.6 Å². The van der Waals surface area contributed by atoms with E-state index in [-0.39, 0.29) is 41.0 Å². The lowest BCUT2D eigenvalue weighted by molar-refractivity contribution is -0.392. The Morgan fingerprint density at radius 3 is 2.54 bits per heavy atom. The van der Waals surface area contributed by atoms with Crippen LogP contribution in [0.25, 0.3) is 10.9 Å². The van der Waals surface area contributed by atoms with Gasteiger partial charge in [0.25, 0.3) is 0 Å². The Morgan fingerprint density at radius 1 is 1.22 bits per heavy atom. The summed E-state index contributed by atoms with van der Waals surface area (Å²) in [6.07, 6.45) is -0.00158. The maximum Gasteiger partial charge on any atom is 0.323 e. The average molecular weight is 586 g/mol. The number of esters is 1. The molecule has 0 saturated carbocycles. The van der Waals surface area contributed by atoms with Crippen LogP contribution in [0.4, 0.5) is 15.9 Å². The van der Waals surface area contributed by atoms with E-state index in [0.29, 0.717) is 48.8 Å². The summed E-state index contributed by atoms with van der Waals surface area (Å²) in [5.41, 5.74) is 1.37. The highest BCUT2D eigenvalue weighted by molar-refractivity contribution is 8.00. The van der Waals surface area contributed by atoms with E-state index >= 15 is 4.39 Å². The van der Waals surface area contributed by atoms with E-state index in [9.17, 15) is 24.5 Å². The van der Waals surface area contributed by atoms with E-state index in [0.717, 1.165) is 5.69 Å². The zero-order valence-corrected chi connectivity index (χ0v) is 24.2. The number of hydrogen-bond acceptors (Lipinski definition) is 9. The largest absolute Gasteiger partial charge is 0.457 e. The zero-order chi connectivity index (χ0) is 29.6. The summed E-state index contributed by atoms with van der Waals surface area (Å²) in [6, 6.07) is 6.02. The van der Waals surface area contributed by atoms with Crippen LogP contribution in [-0.4, -0.2) is 69.5 Å². The Kier molecular flexibility index (Phi) is 7.93. The van der Waals surface area contributed by atoms with Gasteiger partial charge in [-0.05, 0) is 50.3 Å². The predicted molar refractivity (Wildman–Crippen MR) is 153 cm³/mol. The normalized spacial score (nSPS) is 17.7. The topological polar surface area (TPSA) is 120 Å². The third kappa shape index (κ3) is 5.35. The first-order valence-electron chi connectivity index (χ1n) is 13.6. The first kappa shape index (κ1) is 28.8. The Morgan fingerprint density at radius 2 is 1.93 bits per heavy atom. The zero-order valence-electron chi connectivity index (χ0n) is 23.4. The molecule has 13 heteroatoms. The Balaban J connectivity index is 1.24. The molecule has 2 aliphatic heterocycles. The molecule has 218 valence electrons. The van der Waals surface area contributed by atoms with E-state index in [1.165, 1.54) is 30.8 Å². The second-order valence-electron chi connectivity index (χ2n) is 10.5. The summed E-state index contributed by atoms with van der Waals surface area (Å²) in [5, 5.41) is 12.2. The van der Waals surface area contributed by atoms with Gasteiger partial charge in [0.15, 0.2) is 5.78 Å². The monoisotopic (exact) mass is 585 g/mol. The number of nitrogens with zero attached hydrogens (tertiary/aromatic N) is 5. The van der Waals surface area contributed by atoms with E-state index in [4.69, 9.17) is 4.74 Å². The Labute approximate surface area is 240 Å². The standard InChI is InChI=1S/C28H32FN5O6S/c1-5-19(14-32-16(2)6-7-24(32)34(38)39)40-25(36)15-30-8-10-31(11-9-30)23-13-22-20(12-21(23)29)27(37)26(17(3)35)28-33(22)18(4)41-28/h6-7,12-13,18-19H,5,8-11,14-15H2,1-4H3. The number of carbonyl (C=O) groups is 2. The fourth-order valence-electron chi connectivity index (χ4n) is 5.55. The SMILES string of the molecule is CCC(Cn1c(C)ccc1[N+](=O)[O-])OC(=O)CN1CCN(c2cc3c(cc2F)c(=O)c(C(C)=O)c2n3C(C)S2)CC1. The second kappa shape index (κ2) is 11.3. The summed E-state index contributed by atoms with van der Waals surface area (Å²) in [5.74, 6) is -1.32. The molecule has 0 spiro atoms. The summed E-state index contributed by atoms with van der Waals surface area (Å²) < 4.78 is 24.4. The Hall–Kier alpha value is -3.71. The molecule has 1 fully saturated rings. The highest BCUT2D eigenvalue weighted by atomic mass is 32.2. The van der Waals surface area contributed by atoms with Crippen LogP contribution in [0.3, 0.4) is 0 Å². The molecular weight excluding hydrogens is 553 g/mol. The van der Waals surface area contributed by atoms with Crippen molar-refractivity contribution in [2.45, 2.75) is 57.2 Å². The molecule has 11 nitrogen and oxygen atoms in total. The molecule has 2 unspecified atom stereocenters. The van der Waals surface area contributed by atoms with Crippen LogP contribution in [0.1, 0.15) is 48.6 Å². The first-order chi connectivity index (χ1) is 19.5. The fraction of sp³-hybridized carbons (Fsp3) is 0.464. The number of ketones is 1. The molecule has 0 radical (unpaired) electrons. The van der Waals surface area contributed by atoms with Gasteiger partial charge in [0.05, 0.1) is 33.7 Å². The summed E-state index contributed by atoms with van der Waals surface area (Å²) >= 11 is 1.45. The number of benzene rings is 1. The molecule has 5 rings (SSSR count). The van der Waals surface area contributed by atoms with Crippen LogP contribution in [0.2, 0.25) is 0 Å². The van der Waals surface area contributed by atoms with E-state index in [1.54, 1.807) is 23.6 Å². The van der Waals surface area contributed by atoms with Crippen LogP contribution >= 0.6 is 11.8 Å². The molecule has 1 saturated heterocycles. The number of thioether (sulfide) groups is 1. The number of anilines is 1. The molecule has 4 heterocycles. The van der Waals surface area contributed by atoms with Crippen molar-refractivity contribution in [3.8, 4) is 0 Å². The van der Waals surface area contributed by atoms with Crippen LogP contribution in [-0.2, 0) is 16.1 Å². The minimum atomic E-state index is -0.530. The molecule has 2 atom stereocenters. The van der Waals surface area contributed by atoms with Gasteiger partial charge in [-0.3, -0.25) is 19.3 Å². The molecule has 3 aromatic rings. The van der Waals surface area contributed by atoms with Gasteiger partial charge in [-0.25, -0.2) is 8.96 Å². The number of fused-ring (bicyclic) bond motifs is 3. The van der Waals surface area contributed by atoms with Gasteiger partial charge in [-0.15, -0.1) is 0 Å². The second-order valence-corrected chi connectivity index (χ2v) is 11.8. The number of aromatic nitrogens is 2. The van der Waals surface area contributed by atoms with Crippen molar-refractivity contribution in [1.29, 1.82) is 0 Å². The number of nitro groups is 1. The molecule has 0 aliphatic carbocycles. The van der Waals surface area contributed by atoms with Gasteiger partial charge in [-0.1, -0.05) is 18.7 Å². The van der Waals surface area contributed by atoms with Gasteiger partial charge < -0.3 is 24.3 Å². The van der Waals surface area contributed by atoms with Gasteiger partial charge in [0, 0.05) is 37.6 Å². The summed E-state index contributed by atoms with van der Waals surface area (Å²) in [6.45, 7) is 9.14. The lowest BCUT2D eigenvalue weighted by Gasteiger charge is -2.37. The van der Waals surface area contributed by atoms with Gasteiger partial charge in [0.2, 0.25) is 5.43 Å². The molecule has 0 amide bonds. The lowest BCUT2D eigenvalue weighted by Crippen LogP contribution is -2.48. The van der Waals surface area contributed by atoms with Crippen molar-refractivity contribution in [3.05, 3.63) is 61.7 Å². The Bertz CT molecular complexity index is 1610. The number of halogens is 1.